The summed E-state index contributed by atoms with van der Waals surface area (Å²) in [4.78, 5) is 33.2. The molecule has 0 saturated carbocycles. The molecule has 0 aromatic carbocycles. The molecule has 0 bridgehead atoms. The van der Waals surface area contributed by atoms with Crippen LogP contribution >= 0.6 is 0 Å². The molecule has 0 rings (SSSR count). The van der Waals surface area contributed by atoms with Crippen molar-refractivity contribution in [3.63, 3.8) is 0 Å². The molecule has 0 fully saturated rings. The molecule has 9 heteroatoms. The van der Waals surface area contributed by atoms with Crippen LogP contribution in [0, 0.1) is 20.9 Å². The maximum atomic E-state index is 11.6. The molecule has 0 saturated heterocycles. The lowest BCUT2D eigenvalue weighted by molar-refractivity contribution is -0.414. The first-order valence-electron chi connectivity index (χ1n) is 6.59. The Morgan fingerprint density at radius 1 is 1.05 bits per heavy atom. The van der Waals surface area contributed by atoms with E-state index in [1.807, 2.05) is 0 Å². The highest BCUT2D eigenvalue weighted by molar-refractivity contribution is 5.83. The Hall–Kier alpha value is -2.45. The molecule has 0 heterocycles. The standard InChI is InChI=1S/C13H23N5O4/c1-12(2,3)10(19)16-14-7-9(18(21)22)8-15-17-11(20)13(4,5)6/h7-8,14H,1-6H3,(H,16,19)(H,17,20)/b9-7-,15-8+. The van der Waals surface area contributed by atoms with Gasteiger partial charge in [-0.15, -0.1) is 0 Å². The summed E-state index contributed by atoms with van der Waals surface area (Å²) in [7, 11) is 0. The molecule has 0 aliphatic heterocycles. The van der Waals surface area contributed by atoms with Gasteiger partial charge in [-0.25, -0.2) is 5.43 Å². The summed E-state index contributed by atoms with van der Waals surface area (Å²) in [5.41, 5.74) is 5.13. The van der Waals surface area contributed by atoms with E-state index < -0.39 is 21.5 Å². The van der Waals surface area contributed by atoms with Crippen LogP contribution in [0.2, 0.25) is 0 Å². The first-order valence-corrected chi connectivity index (χ1v) is 6.59. The van der Waals surface area contributed by atoms with E-state index in [0.717, 1.165) is 12.4 Å². The van der Waals surface area contributed by atoms with E-state index >= 15 is 0 Å². The van der Waals surface area contributed by atoms with Gasteiger partial charge in [-0.3, -0.25) is 30.6 Å². The van der Waals surface area contributed by atoms with Gasteiger partial charge in [-0.05, 0) is 0 Å². The van der Waals surface area contributed by atoms with Crippen LogP contribution in [0.1, 0.15) is 41.5 Å². The highest BCUT2D eigenvalue weighted by Crippen LogP contribution is 2.12. The normalized spacial score (nSPS) is 12.9. The van der Waals surface area contributed by atoms with Gasteiger partial charge < -0.3 is 0 Å². The summed E-state index contributed by atoms with van der Waals surface area (Å²) < 4.78 is 0. The van der Waals surface area contributed by atoms with E-state index in [1.165, 1.54) is 0 Å². The molecule has 0 spiro atoms. The number of hydrazone groups is 1. The van der Waals surface area contributed by atoms with Crippen LogP contribution in [0.4, 0.5) is 0 Å². The number of nitrogens with one attached hydrogen (secondary N) is 3. The molecule has 9 nitrogen and oxygen atoms in total. The van der Waals surface area contributed by atoms with E-state index in [9.17, 15) is 19.7 Å². The number of amides is 2. The Labute approximate surface area is 129 Å². The number of carbonyl (C=O) groups excluding carboxylic acids is 2. The monoisotopic (exact) mass is 313 g/mol. The maximum absolute atomic E-state index is 11.6. The van der Waals surface area contributed by atoms with Crippen molar-refractivity contribution in [2.24, 2.45) is 15.9 Å². The van der Waals surface area contributed by atoms with Crippen LogP contribution in [-0.4, -0.2) is 23.0 Å². The maximum Gasteiger partial charge on any atom is 0.306 e. The number of hydrazine groups is 1. The second kappa shape index (κ2) is 7.53. The zero-order valence-corrected chi connectivity index (χ0v) is 13.7. The smallest absolute Gasteiger partial charge is 0.299 e. The van der Waals surface area contributed by atoms with Crippen molar-refractivity contribution in [1.82, 2.24) is 16.3 Å². The number of allylic oxidation sites excluding steroid dienone is 1. The Balaban J connectivity index is 4.68. The fourth-order valence-corrected chi connectivity index (χ4v) is 0.825. The second-order valence-electron chi connectivity index (χ2n) is 6.62. The highest BCUT2D eigenvalue weighted by Gasteiger charge is 2.21. The number of hydrogen-bond donors (Lipinski definition) is 3. The van der Waals surface area contributed by atoms with Crippen molar-refractivity contribution in [2.45, 2.75) is 41.5 Å². The van der Waals surface area contributed by atoms with Crippen molar-refractivity contribution in [3.05, 3.63) is 22.0 Å². The molecule has 0 aromatic rings. The zero-order chi connectivity index (χ0) is 17.6. The molecule has 0 aliphatic carbocycles. The molecule has 124 valence electrons. The average Bonchev–Trinajstić information content (AvgIpc) is 2.33. The highest BCUT2D eigenvalue weighted by atomic mass is 16.6. The second-order valence-corrected chi connectivity index (χ2v) is 6.62. The lowest BCUT2D eigenvalue weighted by atomic mass is 9.96. The van der Waals surface area contributed by atoms with Gasteiger partial charge in [0.15, 0.2) is 0 Å². The van der Waals surface area contributed by atoms with E-state index in [1.54, 1.807) is 41.5 Å². The summed E-state index contributed by atoms with van der Waals surface area (Å²) in [5, 5.41) is 14.3. The summed E-state index contributed by atoms with van der Waals surface area (Å²) in [6.07, 6.45) is 1.84. The lowest BCUT2D eigenvalue weighted by Crippen LogP contribution is -2.41. The van der Waals surface area contributed by atoms with Gasteiger partial charge in [0, 0.05) is 10.8 Å². The van der Waals surface area contributed by atoms with Gasteiger partial charge in [-0.2, -0.15) is 5.10 Å². The number of rotatable bonds is 5. The minimum atomic E-state index is -0.705. The van der Waals surface area contributed by atoms with Gasteiger partial charge in [0.1, 0.15) is 6.21 Å². The molecular weight excluding hydrogens is 290 g/mol. The lowest BCUT2D eigenvalue weighted by Gasteiger charge is -2.16. The summed E-state index contributed by atoms with van der Waals surface area (Å²) in [6, 6.07) is 0. The van der Waals surface area contributed by atoms with Crippen LogP contribution in [0.5, 0.6) is 0 Å². The first kappa shape index (κ1) is 19.6. The van der Waals surface area contributed by atoms with E-state index in [4.69, 9.17) is 0 Å². The summed E-state index contributed by atoms with van der Waals surface area (Å²) in [5.74, 6) is -0.704. The summed E-state index contributed by atoms with van der Waals surface area (Å²) >= 11 is 0. The number of carbonyl (C=O) groups is 2. The Kier molecular flexibility index (Phi) is 6.69. The third-order valence-electron chi connectivity index (χ3n) is 2.34. The topological polar surface area (TPSA) is 126 Å². The van der Waals surface area contributed by atoms with Crippen LogP contribution in [0.25, 0.3) is 0 Å². The Morgan fingerprint density at radius 3 is 1.95 bits per heavy atom. The molecule has 0 aromatic heterocycles. The van der Waals surface area contributed by atoms with Crippen molar-refractivity contribution in [1.29, 1.82) is 0 Å². The predicted molar refractivity (Wildman–Crippen MR) is 81.9 cm³/mol. The molecular formula is C13H23N5O4. The van der Waals surface area contributed by atoms with Gasteiger partial charge >= 0.3 is 5.70 Å². The zero-order valence-electron chi connectivity index (χ0n) is 13.7. The minimum Gasteiger partial charge on any atom is -0.299 e. The minimum absolute atomic E-state index is 0.329. The van der Waals surface area contributed by atoms with Gasteiger partial charge in [0.25, 0.3) is 0 Å². The largest absolute Gasteiger partial charge is 0.306 e. The molecule has 3 N–H and O–H groups in total. The van der Waals surface area contributed by atoms with Gasteiger partial charge in [-0.1, -0.05) is 41.5 Å². The van der Waals surface area contributed by atoms with E-state index in [0.29, 0.717) is 0 Å². The van der Waals surface area contributed by atoms with Crippen LogP contribution in [-0.2, 0) is 9.59 Å². The first-order chi connectivity index (χ1) is 9.85. The molecule has 0 aliphatic rings. The molecule has 0 atom stereocenters. The van der Waals surface area contributed by atoms with E-state index in [-0.39, 0.29) is 11.8 Å². The molecule has 22 heavy (non-hydrogen) atoms. The van der Waals surface area contributed by atoms with Crippen LogP contribution < -0.4 is 16.3 Å². The third kappa shape index (κ3) is 7.36. The van der Waals surface area contributed by atoms with Gasteiger partial charge in [0.2, 0.25) is 11.8 Å². The Morgan fingerprint density at radius 2 is 1.55 bits per heavy atom. The average molecular weight is 313 g/mol. The number of hydrogen-bond acceptors (Lipinski definition) is 6. The van der Waals surface area contributed by atoms with Gasteiger partial charge in [0.05, 0.1) is 11.1 Å². The molecule has 0 unspecified atom stereocenters. The van der Waals surface area contributed by atoms with Crippen molar-refractivity contribution in [2.75, 3.05) is 0 Å². The van der Waals surface area contributed by atoms with Crippen LogP contribution in [0.3, 0.4) is 0 Å². The van der Waals surface area contributed by atoms with Crippen molar-refractivity contribution >= 4 is 18.0 Å². The van der Waals surface area contributed by atoms with E-state index in [2.05, 4.69) is 21.4 Å². The fraction of sp³-hybridized carbons (Fsp3) is 0.615. The molecule has 2 amide bonds. The molecule has 0 radical (unpaired) electrons. The van der Waals surface area contributed by atoms with Crippen LogP contribution in [0.15, 0.2) is 17.0 Å². The van der Waals surface area contributed by atoms with Crippen molar-refractivity contribution < 1.29 is 14.5 Å². The quantitative estimate of drug-likeness (QED) is 0.395. The summed E-state index contributed by atoms with van der Waals surface area (Å²) in [6.45, 7) is 10.2. The number of nitro groups is 1. The SMILES string of the molecule is CC(C)(C)C(=O)N/N=C/C(=C/NNC(=O)C(C)(C)C)[N+](=O)[O-]. The third-order valence-corrected chi connectivity index (χ3v) is 2.34. The predicted octanol–water partition coefficient (Wildman–Crippen LogP) is 0.919. The number of nitrogens with zero attached hydrogens (tertiary/aromatic N) is 2. The Bertz CT molecular complexity index is 498. The fourth-order valence-electron chi connectivity index (χ4n) is 0.825. The van der Waals surface area contributed by atoms with Crippen molar-refractivity contribution in [3.8, 4) is 0 Å².